The number of imide groups is 1. The number of nitrogens with one attached hydrogen (secondary N) is 5. The average Bonchev–Trinajstić information content (AvgIpc) is 1.79. The van der Waals surface area contributed by atoms with Gasteiger partial charge in [-0.25, -0.2) is 18.0 Å². The van der Waals surface area contributed by atoms with Crippen molar-refractivity contribution in [1.82, 2.24) is 40.3 Å². The van der Waals surface area contributed by atoms with E-state index in [2.05, 4.69) is 26.0 Å². The molecule has 11 amide bonds. The minimum atomic E-state index is -3.85. The number of likely N-dealkylation sites (tertiary alicyclic amines) is 1. The summed E-state index contributed by atoms with van der Waals surface area (Å²) in [6.07, 6.45) is 6.27. The molecule has 27 nitrogen and oxygen atoms in total. The van der Waals surface area contributed by atoms with Crippen molar-refractivity contribution in [3.05, 3.63) is 77.9 Å². The number of methoxy groups -OCH3 is 2. The summed E-state index contributed by atoms with van der Waals surface area (Å²) in [4.78, 5) is 160. The number of urea groups is 1. The van der Waals surface area contributed by atoms with E-state index in [4.69, 9.17) is 19.9 Å². The molecule has 1 aliphatic carbocycles. The van der Waals surface area contributed by atoms with Gasteiger partial charge in [0.05, 0.1) is 47.9 Å². The Morgan fingerprint density at radius 3 is 1.90 bits per heavy atom. The number of rotatable bonds is 42. The van der Waals surface area contributed by atoms with Crippen molar-refractivity contribution in [2.24, 2.45) is 47.2 Å². The van der Waals surface area contributed by atoms with Crippen LogP contribution in [0.15, 0.2) is 66.7 Å². The Hall–Kier alpha value is -8.11. The number of carbonyl (C=O) groups excluding carboxylic acids is 12. The Morgan fingerprint density at radius 1 is 0.709 bits per heavy atom. The highest BCUT2D eigenvalue weighted by Gasteiger charge is 2.44. The number of amides is 11. The first-order valence-corrected chi connectivity index (χ1v) is 37.8. The van der Waals surface area contributed by atoms with Gasteiger partial charge in [-0.15, -0.1) is 0 Å². The fourth-order valence-corrected chi connectivity index (χ4v) is 14.2. The highest BCUT2D eigenvalue weighted by atomic mass is 32.2. The van der Waals surface area contributed by atoms with E-state index in [1.54, 1.807) is 84.2 Å². The van der Waals surface area contributed by atoms with E-state index in [1.807, 2.05) is 68.4 Å². The minimum absolute atomic E-state index is 0.00944. The Kier molecular flexibility index (Phi) is 36.1. The van der Waals surface area contributed by atoms with Gasteiger partial charge < -0.3 is 60.7 Å². The molecular weight excluding hydrogens is 1340 g/mol. The van der Waals surface area contributed by atoms with Crippen molar-refractivity contribution >= 4 is 86.7 Å². The summed E-state index contributed by atoms with van der Waals surface area (Å²) in [5.74, 6) is -5.45. The van der Waals surface area contributed by atoms with Crippen molar-refractivity contribution in [3.8, 4) is 0 Å². The van der Waals surface area contributed by atoms with Crippen LogP contribution in [0.1, 0.15) is 177 Å². The molecule has 11 atom stereocenters. The van der Waals surface area contributed by atoms with E-state index in [0.717, 1.165) is 22.4 Å². The van der Waals surface area contributed by atoms with Crippen molar-refractivity contribution in [2.45, 2.75) is 227 Å². The fourth-order valence-electron chi connectivity index (χ4n) is 12.8. The van der Waals surface area contributed by atoms with Crippen molar-refractivity contribution in [2.75, 3.05) is 53.3 Å². The predicted molar refractivity (Wildman–Crippen MR) is 390 cm³/mol. The molecule has 574 valence electrons. The van der Waals surface area contributed by atoms with Gasteiger partial charge in [0.25, 0.3) is 17.7 Å². The molecule has 0 spiro atoms. The molecule has 3 aliphatic rings. The fraction of sp³-hybridized carbons (Fsp3) is 0.653. The number of unbranched alkanes of at least 4 members (excludes halogenated alkanes) is 2. The van der Waals surface area contributed by atoms with Crippen LogP contribution < -0.4 is 31.7 Å². The van der Waals surface area contributed by atoms with Gasteiger partial charge in [0.15, 0.2) is 5.78 Å². The molecule has 7 N–H and O–H groups in total. The number of ether oxygens (including phenoxy) is 3. The lowest BCUT2D eigenvalue weighted by Gasteiger charge is -2.40. The van der Waals surface area contributed by atoms with Gasteiger partial charge >= 0.3 is 12.1 Å². The van der Waals surface area contributed by atoms with Crippen molar-refractivity contribution < 1.29 is 80.2 Å². The number of anilines is 1. The average molecular weight is 1460 g/mol. The highest BCUT2D eigenvalue weighted by molar-refractivity contribution is 7.91. The number of Topliss-reactive ketones (excluding diaryl/α,β-unsaturated/α-hetero) is 2. The lowest BCUT2D eigenvalue weighted by atomic mass is 9.86. The first-order chi connectivity index (χ1) is 48.6. The second-order valence-electron chi connectivity index (χ2n) is 28.7. The predicted octanol–water partition coefficient (Wildman–Crippen LogP) is 7.38. The molecule has 0 radical (unpaired) electrons. The molecule has 1 saturated carbocycles. The topological polar surface area (TPSA) is 366 Å². The maximum atomic E-state index is 14.1. The summed E-state index contributed by atoms with van der Waals surface area (Å²) in [7, 11) is 2.59. The van der Waals surface area contributed by atoms with Crippen LogP contribution in [0.25, 0.3) is 0 Å². The Balaban J connectivity index is 0.000000437. The van der Waals surface area contributed by atoms with Gasteiger partial charge in [0.1, 0.15) is 18.4 Å². The summed E-state index contributed by atoms with van der Waals surface area (Å²) in [6.45, 7) is 21.7. The summed E-state index contributed by atoms with van der Waals surface area (Å²) in [6, 6.07) is 12.3. The molecule has 2 heterocycles. The van der Waals surface area contributed by atoms with Gasteiger partial charge in [-0.1, -0.05) is 118 Å². The van der Waals surface area contributed by atoms with Crippen LogP contribution in [0.4, 0.5) is 15.3 Å². The maximum Gasteiger partial charge on any atom is 0.410 e. The van der Waals surface area contributed by atoms with Crippen LogP contribution in [-0.2, 0) is 85.2 Å². The number of ketones is 2. The summed E-state index contributed by atoms with van der Waals surface area (Å²) < 4.78 is 44.7. The molecule has 0 aromatic heterocycles. The molecule has 2 aromatic rings. The molecule has 103 heavy (non-hydrogen) atoms. The quantitative estimate of drug-likeness (QED) is 0.0279. The molecule has 2 fully saturated rings. The van der Waals surface area contributed by atoms with Gasteiger partial charge in [0.2, 0.25) is 39.6 Å². The Morgan fingerprint density at radius 2 is 1.35 bits per heavy atom. The second kappa shape index (κ2) is 42.6. The van der Waals surface area contributed by atoms with Crippen LogP contribution >= 0.6 is 0 Å². The maximum absolute atomic E-state index is 14.1. The van der Waals surface area contributed by atoms with Crippen LogP contribution in [0.3, 0.4) is 0 Å². The zero-order chi connectivity index (χ0) is 77.0. The Labute approximate surface area is 609 Å². The monoisotopic (exact) mass is 1460 g/mol. The molecule has 0 bridgehead atoms. The first kappa shape index (κ1) is 87.3. The van der Waals surface area contributed by atoms with Crippen molar-refractivity contribution in [1.29, 1.82) is 0 Å². The van der Waals surface area contributed by atoms with E-state index in [1.165, 1.54) is 33.3 Å². The van der Waals surface area contributed by atoms with Crippen LogP contribution in [-0.4, -0.2) is 195 Å². The van der Waals surface area contributed by atoms with Crippen LogP contribution in [0.5, 0.6) is 0 Å². The Bertz CT molecular complexity index is 3310. The lowest BCUT2D eigenvalue weighted by molar-refractivity contribution is -0.149. The molecular formula is C75H116N10O17S. The molecule has 1 saturated heterocycles. The van der Waals surface area contributed by atoms with E-state index >= 15 is 0 Å². The standard InChI is InChI=1S/C39H62N4O9S.C36H54N6O8/c1-10-25(4)35(42(7)39(48)30(24(2)3)21-26(5)44)33(51-8)23-34(45)43-20-14-17-32(43)36(52-9)27(6)37(46)40-31(22-28-15-12-11-13-16-28)38(47)41-53(49,50)29-18-19-29;1-23(2)25(5)41(6)36(49)50-22-26-13-15-28(16-14-26)39-34(47)27(11-10-19-38-35(37)48)21-29(43)33(24(3)4)40-30(44)12-8-7-9-20-42-31(45)17-18-32(42)46/h11-13,15-16,24-25,27,29-33,35-36H,10,14,17-23H2,1-9H3,(H,40,46)(H,41,47);13-18,23-25,27,33H,7-12,19-22H2,1-6H3,(H,39,47)(H,40,44)(H3,37,38,48)/t25-,27+,30-,31-,32-,33+,35-,36+;25-,27-,33+/m01/s1. The minimum Gasteiger partial charge on any atom is -0.445 e. The molecule has 0 unspecified atom stereocenters. The van der Waals surface area contributed by atoms with E-state index in [-0.39, 0.29) is 135 Å². The first-order valence-electron chi connectivity index (χ1n) is 36.3. The highest BCUT2D eigenvalue weighted by Crippen LogP contribution is 2.32. The summed E-state index contributed by atoms with van der Waals surface area (Å²) >= 11 is 0. The number of carbonyl (C=O) groups is 12. The smallest absolute Gasteiger partial charge is 0.410 e. The van der Waals surface area contributed by atoms with Crippen LogP contribution in [0, 0.1) is 41.4 Å². The third kappa shape index (κ3) is 27.8. The molecule has 2 aromatic carbocycles. The zero-order valence-electron chi connectivity index (χ0n) is 63.2. The molecule has 5 rings (SSSR count). The number of primary amides is 1. The molecule has 28 heteroatoms. The van der Waals surface area contributed by atoms with E-state index < -0.39 is 93.3 Å². The number of benzene rings is 2. The van der Waals surface area contributed by atoms with Gasteiger partial charge in [-0.05, 0) is 112 Å². The van der Waals surface area contributed by atoms with E-state index in [0.29, 0.717) is 63.6 Å². The largest absolute Gasteiger partial charge is 0.445 e. The number of sulfonamides is 1. The third-order valence-corrected chi connectivity index (χ3v) is 21.7. The van der Waals surface area contributed by atoms with E-state index in [9.17, 15) is 66.0 Å². The summed E-state index contributed by atoms with van der Waals surface area (Å²) in [5.41, 5.74) is 7.14. The van der Waals surface area contributed by atoms with Gasteiger partial charge in [-0.3, -0.25) is 52.8 Å². The van der Waals surface area contributed by atoms with Gasteiger partial charge in [0, 0.05) is 109 Å². The summed E-state index contributed by atoms with van der Waals surface area (Å²) in [5, 5.41) is 10.3. The SMILES string of the molecule is CC(C)[C@H](NC(=O)CCCCCN1C(=O)C=CC1=O)C(=O)C[C@@H](CCCNC(N)=O)C(=O)Nc1ccc(COC(=O)N(C)[C@H](C)C(C)C)cc1.CC[C@H](C)[C@@H]([C@@H](CC(=O)N1CCC[C@H]1[C@H](OC)[C@@H](C)C(=O)N[C@@H](Cc1ccccc1)C(=O)NS(=O)(=O)C1CC1)OC)N(C)C(=O)[C@@H](CC(C)=O)C(C)C. The van der Waals surface area contributed by atoms with Crippen molar-refractivity contribution in [3.63, 3.8) is 0 Å². The number of hydrogen-bond donors (Lipinski definition) is 6. The number of nitrogens with two attached hydrogens (primary N) is 1. The number of nitrogens with zero attached hydrogens (tertiary/aromatic N) is 4. The second-order valence-corrected chi connectivity index (χ2v) is 30.7. The molecule has 2 aliphatic heterocycles. The number of likely N-dealkylation sites (N-methyl/N-ethyl adjacent to an activating group) is 1. The van der Waals surface area contributed by atoms with Gasteiger partial charge in [-0.2, -0.15) is 0 Å². The number of hydrogen-bond acceptors (Lipinski definition) is 17. The normalized spacial score (nSPS) is 17.3. The van der Waals surface area contributed by atoms with Crippen LogP contribution in [0.2, 0.25) is 0 Å². The third-order valence-electron chi connectivity index (χ3n) is 19.8. The zero-order valence-corrected chi connectivity index (χ0v) is 64.0. The lowest BCUT2D eigenvalue weighted by Crippen LogP contribution is -2.55.